The van der Waals surface area contributed by atoms with Gasteiger partial charge in [-0.05, 0) is 19.9 Å². The lowest BCUT2D eigenvalue weighted by atomic mass is 9.98. The van der Waals surface area contributed by atoms with E-state index in [1.54, 1.807) is 0 Å². The SMILES string of the molecule is CN1CCNCC1c1noc(CN2C(=O)NC3(CCCC3)C2=O)n1. The molecule has 0 radical (unpaired) electrons. The van der Waals surface area contributed by atoms with Crippen LogP contribution >= 0.6 is 0 Å². The Morgan fingerprint density at radius 1 is 1.33 bits per heavy atom. The summed E-state index contributed by atoms with van der Waals surface area (Å²) in [5, 5.41) is 10.2. The number of nitrogens with one attached hydrogen (secondary N) is 2. The minimum absolute atomic E-state index is 0.0310. The molecule has 1 unspecified atom stereocenters. The van der Waals surface area contributed by atoms with Crippen molar-refractivity contribution in [3.63, 3.8) is 0 Å². The number of aromatic nitrogens is 2. The van der Waals surface area contributed by atoms with E-state index < -0.39 is 5.54 Å². The van der Waals surface area contributed by atoms with Crippen LogP contribution in [0.3, 0.4) is 0 Å². The predicted octanol–water partition coefficient (Wildman–Crippen LogP) is 0.0103. The van der Waals surface area contributed by atoms with Crippen LogP contribution in [0.1, 0.15) is 43.4 Å². The minimum Gasteiger partial charge on any atom is -0.337 e. The number of nitrogens with zero attached hydrogens (tertiary/aromatic N) is 4. The molecule has 2 saturated heterocycles. The number of amides is 3. The number of rotatable bonds is 3. The minimum atomic E-state index is -0.701. The van der Waals surface area contributed by atoms with Gasteiger partial charge in [0.25, 0.3) is 5.91 Å². The van der Waals surface area contributed by atoms with Crippen molar-refractivity contribution in [3.8, 4) is 0 Å². The van der Waals surface area contributed by atoms with Gasteiger partial charge in [-0.3, -0.25) is 14.6 Å². The van der Waals surface area contributed by atoms with Crippen molar-refractivity contribution in [1.29, 1.82) is 0 Å². The van der Waals surface area contributed by atoms with Crippen LogP contribution in [0.4, 0.5) is 4.79 Å². The smallest absolute Gasteiger partial charge is 0.325 e. The van der Waals surface area contributed by atoms with E-state index in [1.165, 1.54) is 4.90 Å². The Hall–Kier alpha value is -2.00. The van der Waals surface area contributed by atoms with Gasteiger partial charge < -0.3 is 15.2 Å². The molecule has 1 atom stereocenters. The maximum Gasteiger partial charge on any atom is 0.325 e. The van der Waals surface area contributed by atoms with Crippen molar-refractivity contribution in [2.75, 3.05) is 26.7 Å². The molecule has 24 heavy (non-hydrogen) atoms. The third kappa shape index (κ3) is 2.48. The number of piperazine rings is 1. The number of carbonyl (C=O) groups is 2. The summed E-state index contributed by atoms with van der Waals surface area (Å²) in [6.45, 7) is 2.62. The van der Waals surface area contributed by atoms with Gasteiger partial charge in [0.15, 0.2) is 5.82 Å². The van der Waals surface area contributed by atoms with E-state index in [0.717, 1.165) is 32.5 Å². The molecule has 0 aromatic carbocycles. The lowest BCUT2D eigenvalue weighted by molar-refractivity contribution is -0.131. The van der Waals surface area contributed by atoms with Crippen LogP contribution in [0.25, 0.3) is 0 Å². The Balaban J connectivity index is 1.48. The van der Waals surface area contributed by atoms with Gasteiger partial charge in [0.1, 0.15) is 12.1 Å². The summed E-state index contributed by atoms with van der Waals surface area (Å²) >= 11 is 0. The highest BCUT2D eigenvalue weighted by molar-refractivity contribution is 6.07. The molecular formula is C15H22N6O3. The van der Waals surface area contributed by atoms with Gasteiger partial charge in [0.05, 0.1) is 6.04 Å². The van der Waals surface area contributed by atoms with Crippen molar-refractivity contribution in [2.45, 2.75) is 43.8 Å². The van der Waals surface area contributed by atoms with Gasteiger partial charge in [-0.1, -0.05) is 18.0 Å². The molecule has 3 heterocycles. The van der Waals surface area contributed by atoms with Crippen LogP contribution < -0.4 is 10.6 Å². The van der Waals surface area contributed by atoms with E-state index >= 15 is 0 Å². The second-order valence-electron chi connectivity index (χ2n) is 6.86. The van der Waals surface area contributed by atoms with Crippen molar-refractivity contribution >= 4 is 11.9 Å². The second kappa shape index (κ2) is 5.82. The van der Waals surface area contributed by atoms with E-state index in [1.807, 2.05) is 7.05 Å². The predicted molar refractivity (Wildman–Crippen MR) is 82.8 cm³/mol. The molecular weight excluding hydrogens is 312 g/mol. The molecule has 0 bridgehead atoms. The summed E-state index contributed by atoms with van der Waals surface area (Å²) in [5.41, 5.74) is -0.701. The third-order valence-electron chi connectivity index (χ3n) is 5.29. The molecule has 4 rings (SSSR count). The van der Waals surface area contributed by atoms with Gasteiger partial charge >= 0.3 is 6.03 Å². The van der Waals surface area contributed by atoms with Gasteiger partial charge in [-0.2, -0.15) is 4.98 Å². The Kier molecular flexibility index (Phi) is 3.76. The van der Waals surface area contributed by atoms with Crippen molar-refractivity contribution in [2.24, 2.45) is 0 Å². The zero-order valence-electron chi connectivity index (χ0n) is 13.7. The molecule has 2 N–H and O–H groups in total. The Morgan fingerprint density at radius 2 is 2.12 bits per heavy atom. The molecule has 1 aromatic heterocycles. The van der Waals surface area contributed by atoms with Crippen molar-refractivity contribution in [3.05, 3.63) is 11.7 Å². The third-order valence-corrected chi connectivity index (χ3v) is 5.29. The van der Waals surface area contributed by atoms with Crippen LogP contribution in [0.2, 0.25) is 0 Å². The lowest BCUT2D eigenvalue weighted by Gasteiger charge is -2.30. The molecule has 3 amide bonds. The molecule has 1 saturated carbocycles. The average Bonchev–Trinajstić information content (AvgIpc) is 3.26. The highest BCUT2D eigenvalue weighted by Gasteiger charge is 2.52. The lowest BCUT2D eigenvalue weighted by Crippen LogP contribution is -2.44. The average molecular weight is 334 g/mol. The molecule has 9 nitrogen and oxygen atoms in total. The molecule has 1 aromatic rings. The zero-order chi connectivity index (χ0) is 16.7. The van der Waals surface area contributed by atoms with Crippen LogP contribution in [0.5, 0.6) is 0 Å². The van der Waals surface area contributed by atoms with Crippen LogP contribution in [-0.2, 0) is 11.3 Å². The normalized spacial score (nSPS) is 27.2. The fourth-order valence-corrected chi connectivity index (χ4v) is 3.83. The number of hydrogen-bond donors (Lipinski definition) is 2. The molecule has 3 aliphatic rings. The van der Waals surface area contributed by atoms with Gasteiger partial charge in [0, 0.05) is 19.6 Å². The van der Waals surface area contributed by atoms with Gasteiger partial charge in [-0.15, -0.1) is 0 Å². The summed E-state index contributed by atoms with van der Waals surface area (Å²) in [5.74, 6) is 0.714. The summed E-state index contributed by atoms with van der Waals surface area (Å²) in [7, 11) is 2.02. The highest BCUT2D eigenvalue weighted by Crippen LogP contribution is 2.35. The Labute approximate surface area is 139 Å². The summed E-state index contributed by atoms with van der Waals surface area (Å²) in [6.07, 6.45) is 3.35. The Morgan fingerprint density at radius 3 is 2.88 bits per heavy atom. The molecule has 2 aliphatic heterocycles. The quantitative estimate of drug-likeness (QED) is 0.751. The largest absolute Gasteiger partial charge is 0.337 e. The number of likely N-dealkylation sites (N-methyl/N-ethyl adjacent to an activating group) is 1. The topological polar surface area (TPSA) is 104 Å². The van der Waals surface area contributed by atoms with Gasteiger partial charge in [-0.25, -0.2) is 4.79 Å². The monoisotopic (exact) mass is 334 g/mol. The van der Waals surface area contributed by atoms with Crippen LogP contribution in [0, 0.1) is 0 Å². The highest BCUT2D eigenvalue weighted by atomic mass is 16.5. The Bertz CT molecular complexity index is 653. The number of carbonyl (C=O) groups excluding carboxylic acids is 2. The first kappa shape index (κ1) is 15.5. The van der Waals surface area contributed by atoms with E-state index in [-0.39, 0.29) is 24.5 Å². The van der Waals surface area contributed by atoms with Gasteiger partial charge in [0.2, 0.25) is 5.89 Å². The molecule has 1 aliphatic carbocycles. The van der Waals surface area contributed by atoms with Crippen molar-refractivity contribution < 1.29 is 14.1 Å². The molecule has 9 heteroatoms. The first-order chi connectivity index (χ1) is 11.6. The fourth-order valence-electron chi connectivity index (χ4n) is 3.83. The maximum absolute atomic E-state index is 12.6. The summed E-state index contributed by atoms with van der Waals surface area (Å²) in [6, 6.07) is -0.321. The van der Waals surface area contributed by atoms with E-state index in [9.17, 15) is 9.59 Å². The van der Waals surface area contributed by atoms with E-state index in [4.69, 9.17) is 4.52 Å². The first-order valence-electron chi connectivity index (χ1n) is 8.47. The number of urea groups is 1. The van der Waals surface area contributed by atoms with Crippen molar-refractivity contribution in [1.82, 2.24) is 30.6 Å². The van der Waals surface area contributed by atoms with Crippen LogP contribution in [-0.4, -0.2) is 64.1 Å². The number of imide groups is 1. The number of hydrogen-bond acceptors (Lipinski definition) is 7. The molecule has 3 fully saturated rings. The fraction of sp³-hybridized carbons (Fsp3) is 0.733. The van der Waals surface area contributed by atoms with E-state index in [0.29, 0.717) is 24.6 Å². The maximum atomic E-state index is 12.6. The molecule has 130 valence electrons. The molecule has 1 spiro atoms. The summed E-state index contributed by atoms with van der Waals surface area (Å²) < 4.78 is 5.29. The second-order valence-corrected chi connectivity index (χ2v) is 6.86. The summed E-state index contributed by atoms with van der Waals surface area (Å²) in [4.78, 5) is 32.6. The first-order valence-corrected chi connectivity index (χ1v) is 8.47. The van der Waals surface area contributed by atoms with E-state index in [2.05, 4.69) is 25.7 Å². The van der Waals surface area contributed by atoms with Crippen LogP contribution in [0.15, 0.2) is 4.52 Å². The standard InChI is InChI=1S/C15H22N6O3/c1-20-7-6-16-8-10(20)12-17-11(24-19-12)9-21-13(22)15(18-14(21)23)4-2-3-5-15/h10,16H,2-9H2,1H3,(H,18,23). The zero-order valence-corrected chi connectivity index (χ0v) is 13.7.